The van der Waals surface area contributed by atoms with Gasteiger partial charge in [-0.1, -0.05) is 25.7 Å². The van der Waals surface area contributed by atoms with Crippen LogP contribution in [-0.2, 0) is 9.47 Å². The van der Waals surface area contributed by atoms with Gasteiger partial charge >= 0.3 is 11.9 Å². The molecule has 0 aromatic carbocycles. The lowest BCUT2D eigenvalue weighted by molar-refractivity contribution is 0.0592. The van der Waals surface area contributed by atoms with Gasteiger partial charge in [0.1, 0.15) is 11.5 Å². The molecule has 154 valence electrons. The van der Waals surface area contributed by atoms with Crippen LogP contribution in [0, 0.1) is 0 Å². The molecule has 0 radical (unpaired) electrons. The molecule has 6 nitrogen and oxygen atoms in total. The van der Waals surface area contributed by atoms with Crippen molar-refractivity contribution in [3.05, 3.63) is 32.6 Å². The van der Waals surface area contributed by atoms with E-state index in [4.69, 9.17) is 18.9 Å². The maximum atomic E-state index is 11.6. The van der Waals surface area contributed by atoms with E-state index < -0.39 is 0 Å². The van der Waals surface area contributed by atoms with E-state index in [2.05, 4.69) is 0 Å². The van der Waals surface area contributed by atoms with Crippen molar-refractivity contribution in [1.29, 1.82) is 0 Å². The predicted octanol–water partition coefficient (Wildman–Crippen LogP) is 5.18. The number of hydrogen-bond acceptors (Lipinski definition) is 8. The monoisotopic (exact) mass is 426 g/mol. The fraction of sp³-hybridized carbons (Fsp3) is 0.500. The molecule has 0 spiro atoms. The van der Waals surface area contributed by atoms with Crippen LogP contribution in [0.4, 0.5) is 0 Å². The van der Waals surface area contributed by atoms with E-state index in [1.807, 2.05) is 10.8 Å². The third-order valence-electron chi connectivity index (χ3n) is 4.05. The summed E-state index contributed by atoms with van der Waals surface area (Å²) in [5, 5.41) is 3.65. The number of methoxy groups -OCH3 is 2. The largest absolute Gasteiger partial charge is 0.492 e. The zero-order chi connectivity index (χ0) is 20.2. The normalized spacial score (nSPS) is 10.5. The highest BCUT2D eigenvalue weighted by atomic mass is 32.1. The highest BCUT2D eigenvalue weighted by Gasteiger charge is 2.15. The minimum Gasteiger partial charge on any atom is -0.492 e. The van der Waals surface area contributed by atoms with E-state index >= 15 is 0 Å². The lowest BCUT2D eigenvalue weighted by Crippen LogP contribution is -2.04. The van der Waals surface area contributed by atoms with Crippen LogP contribution < -0.4 is 9.47 Å². The van der Waals surface area contributed by atoms with E-state index in [0.717, 1.165) is 38.5 Å². The molecule has 0 aliphatic heterocycles. The number of thiophene rings is 2. The van der Waals surface area contributed by atoms with Crippen molar-refractivity contribution in [2.75, 3.05) is 27.4 Å². The van der Waals surface area contributed by atoms with Gasteiger partial charge in [-0.25, -0.2) is 9.59 Å². The van der Waals surface area contributed by atoms with Gasteiger partial charge in [0.25, 0.3) is 0 Å². The van der Waals surface area contributed by atoms with E-state index in [0.29, 0.717) is 34.5 Å². The molecule has 2 rings (SSSR count). The highest BCUT2D eigenvalue weighted by molar-refractivity contribution is 7.12. The number of carbonyl (C=O) groups is 2. The molecule has 2 aromatic rings. The fourth-order valence-corrected chi connectivity index (χ4v) is 4.08. The number of hydrogen-bond donors (Lipinski definition) is 0. The van der Waals surface area contributed by atoms with Crippen molar-refractivity contribution in [2.45, 2.75) is 38.5 Å². The molecule has 28 heavy (non-hydrogen) atoms. The molecule has 0 saturated heterocycles. The van der Waals surface area contributed by atoms with Gasteiger partial charge in [-0.3, -0.25) is 0 Å². The van der Waals surface area contributed by atoms with Crippen LogP contribution >= 0.6 is 22.7 Å². The number of unbranched alkanes of at least 4 members (excludes halogenated alkanes) is 5. The smallest absolute Gasteiger partial charge is 0.351 e. The van der Waals surface area contributed by atoms with Crippen molar-refractivity contribution in [2.24, 2.45) is 0 Å². The van der Waals surface area contributed by atoms with Gasteiger partial charge in [0.15, 0.2) is 9.75 Å². The second-order valence-corrected chi connectivity index (χ2v) is 7.86. The zero-order valence-electron chi connectivity index (χ0n) is 16.2. The van der Waals surface area contributed by atoms with Crippen LogP contribution in [0.15, 0.2) is 22.9 Å². The van der Waals surface area contributed by atoms with Gasteiger partial charge in [-0.2, -0.15) is 0 Å². The van der Waals surface area contributed by atoms with Crippen LogP contribution in [0.5, 0.6) is 11.5 Å². The number of esters is 2. The molecule has 2 heterocycles. The summed E-state index contributed by atoms with van der Waals surface area (Å²) in [4.78, 5) is 24.2. The molecule has 8 heteroatoms. The third-order valence-corrected chi connectivity index (χ3v) is 5.81. The minimum absolute atomic E-state index is 0.353. The summed E-state index contributed by atoms with van der Waals surface area (Å²) in [6.45, 7) is 1.19. The fourth-order valence-electron chi connectivity index (χ4n) is 2.58. The minimum atomic E-state index is -0.353. The predicted molar refractivity (Wildman–Crippen MR) is 110 cm³/mol. The van der Waals surface area contributed by atoms with Crippen molar-refractivity contribution in [1.82, 2.24) is 0 Å². The first-order valence-electron chi connectivity index (χ1n) is 9.24. The average Bonchev–Trinajstić information content (AvgIpc) is 3.37. The second kappa shape index (κ2) is 12.4. The summed E-state index contributed by atoms with van der Waals surface area (Å²) in [7, 11) is 2.74. The van der Waals surface area contributed by atoms with Crippen molar-refractivity contribution in [3.8, 4) is 11.5 Å². The van der Waals surface area contributed by atoms with Gasteiger partial charge in [-0.05, 0) is 35.7 Å². The number of ether oxygens (including phenoxy) is 4. The maximum absolute atomic E-state index is 11.6. The Labute approximate surface area is 173 Å². The van der Waals surface area contributed by atoms with Crippen LogP contribution in [0.1, 0.15) is 57.9 Å². The Morgan fingerprint density at radius 1 is 0.714 bits per heavy atom. The molecule has 0 N–H and O–H groups in total. The summed E-state index contributed by atoms with van der Waals surface area (Å²) in [6, 6.07) is 3.60. The highest BCUT2D eigenvalue weighted by Crippen LogP contribution is 2.26. The summed E-state index contributed by atoms with van der Waals surface area (Å²) in [5.74, 6) is 0.504. The lowest BCUT2D eigenvalue weighted by atomic mass is 10.1. The van der Waals surface area contributed by atoms with Gasteiger partial charge < -0.3 is 18.9 Å². The SMILES string of the molecule is COC(=O)c1sccc1OCCCCCCCCOc1ccsc1C(=O)OC. The maximum Gasteiger partial charge on any atom is 0.351 e. The van der Waals surface area contributed by atoms with Crippen LogP contribution in [0.2, 0.25) is 0 Å². The zero-order valence-corrected chi connectivity index (χ0v) is 17.9. The van der Waals surface area contributed by atoms with Crippen LogP contribution in [0.25, 0.3) is 0 Å². The van der Waals surface area contributed by atoms with Gasteiger partial charge in [0.2, 0.25) is 0 Å². The Kier molecular flexibility index (Phi) is 9.85. The Hall–Kier alpha value is -2.06. The average molecular weight is 427 g/mol. The molecular weight excluding hydrogens is 400 g/mol. The summed E-state index contributed by atoms with van der Waals surface area (Å²) < 4.78 is 20.8. The molecule has 0 atom stereocenters. The van der Waals surface area contributed by atoms with E-state index in [1.54, 1.807) is 12.1 Å². The molecule has 2 aromatic heterocycles. The number of carbonyl (C=O) groups excluding carboxylic acids is 2. The quantitative estimate of drug-likeness (QED) is 0.325. The van der Waals surface area contributed by atoms with E-state index in [-0.39, 0.29) is 11.9 Å². The molecule has 0 aliphatic carbocycles. The third kappa shape index (κ3) is 6.83. The van der Waals surface area contributed by atoms with Crippen LogP contribution in [0.3, 0.4) is 0 Å². The number of rotatable bonds is 13. The van der Waals surface area contributed by atoms with Crippen molar-refractivity contribution >= 4 is 34.6 Å². The van der Waals surface area contributed by atoms with Gasteiger partial charge in [0.05, 0.1) is 27.4 Å². The standard InChI is InChI=1S/C20H26O6S2/c1-23-19(21)17-15(9-13-27-17)25-11-7-5-3-4-6-8-12-26-16-10-14-28-18(16)20(22)24-2/h9-10,13-14H,3-8,11-12H2,1-2H3. The Morgan fingerprint density at radius 2 is 1.11 bits per heavy atom. The molecule has 0 aliphatic rings. The Balaban J connectivity index is 1.49. The molecule has 0 bridgehead atoms. The lowest BCUT2D eigenvalue weighted by Gasteiger charge is -2.07. The summed E-state index contributed by atoms with van der Waals surface area (Å²) >= 11 is 2.66. The topological polar surface area (TPSA) is 71.1 Å². The molecule has 0 amide bonds. The van der Waals surface area contributed by atoms with Gasteiger partial charge in [0, 0.05) is 0 Å². The van der Waals surface area contributed by atoms with Crippen molar-refractivity contribution in [3.63, 3.8) is 0 Å². The first kappa shape index (κ1) is 22.2. The van der Waals surface area contributed by atoms with Crippen molar-refractivity contribution < 1.29 is 28.5 Å². The molecular formula is C20H26O6S2. The van der Waals surface area contributed by atoms with E-state index in [9.17, 15) is 9.59 Å². The Morgan fingerprint density at radius 3 is 1.50 bits per heavy atom. The molecule has 0 unspecified atom stereocenters. The molecule has 0 saturated carbocycles. The Bertz CT molecular complexity index is 674. The molecule has 0 fully saturated rings. The first-order valence-corrected chi connectivity index (χ1v) is 11.0. The van der Waals surface area contributed by atoms with Crippen LogP contribution in [-0.4, -0.2) is 39.4 Å². The first-order chi connectivity index (χ1) is 13.7. The summed E-state index contributed by atoms with van der Waals surface area (Å²) in [5.41, 5.74) is 0. The van der Waals surface area contributed by atoms with E-state index in [1.165, 1.54) is 36.9 Å². The second-order valence-electron chi connectivity index (χ2n) is 6.03. The van der Waals surface area contributed by atoms with Gasteiger partial charge in [-0.15, -0.1) is 22.7 Å². The summed E-state index contributed by atoms with van der Waals surface area (Å²) in [6.07, 6.45) is 6.31.